The van der Waals surface area contributed by atoms with E-state index in [1.54, 1.807) is 9.58 Å². The van der Waals surface area contributed by atoms with Crippen molar-refractivity contribution < 1.29 is 14.3 Å². The molecule has 0 N–H and O–H groups in total. The number of hydrogen-bond donors (Lipinski definition) is 0. The molecule has 2 aromatic heterocycles. The van der Waals surface area contributed by atoms with Crippen LogP contribution >= 0.6 is 0 Å². The highest BCUT2D eigenvalue weighted by Crippen LogP contribution is 2.29. The van der Waals surface area contributed by atoms with E-state index in [4.69, 9.17) is 14.5 Å². The molecular formula is C23H33N5O3. The number of aryl methyl sites for hydroxylation is 2. The number of piperidine rings is 1. The lowest BCUT2D eigenvalue weighted by molar-refractivity contribution is 0.0876. The first-order chi connectivity index (χ1) is 15.2. The van der Waals surface area contributed by atoms with Gasteiger partial charge in [-0.1, -0.05) is 18.6 Å². The maximum atomic E-state index is 12.4. The molecule has 1 aliphatic carbocycles. The predicted molar refractivity (Wildman–Crippen MR) is 117 cm³/mol. The van der Waals surface area contributed by atoms with Crippen LogP contribution < -0.4 is 4.74 Å². The van der Waals surface area contributed by atoms with Crippen LogP contribution in [0.3, 0.4) is 0 Å². The van der Waals surface area contributed by atoms with E-state index in [-0.39, 0.29) is 18.8 Å². The second kappa shape index (κ2) is 10.1. The van der Waals surface area contributed by atoms with Gasteiger partial charge in [0.2, 0.25) is 0 Å². The molecule has 2 aliphatic rings. The predicted octanol–water partition coefficient (Wildman–Crippen LogP) is 4.27. The summed E-state index contributed by atoms with van der Waals surface area (Å²) in [6.07, 6.45) is 10.0. The molecule has 0 unspecified atom stereocenters. The fourth-order valence-electron chi connectivity index (χ4n) is 4.38. The van der Waals surface area contributed by atoms with Crippen LogP contribution in [0.15, 0.2) is 12.1 Å². The van der Waals surface area contributed by atoms with Crippen molar-refractivity contribution in [1.82, 2.24) is 24.9 Å². The van der Waals surface area contributed by atoms with E-state index in [9.17, 15) is 4.79 Å². The van der Waals surface area contributed by atoms with E-state index in [1.807, 2.05) is 19.2 Å². The quantitative estimate of drug-likeness (QED) is 0.685. The second-order valence-electron chi connectivity index (χ2n) is 8.48. The van der Waals surface area contributed by atoms with Crippen LogP contribution in [0.1, 0.15) is 69.7 Å². The van der Waals surface area contributed by atoms with Crippen LogP contribution in [0.5, 0.6) is 5.75 Å². The van der Waals surface area contributed by atoms with Crippen LogP contribution in [-0.4, -0.2) is 50.2 Å². The zero-order chi connectivity index (χ0) is 21.6. The topological polar surface area (TPSA) is 82.4 Å². The van der Waals surface area contributed by atoms with Crippen LogP contribution in [0.2, 0.25) is 0 Å². The number of amides is 1. The number of rotatable bonds is 6. The Kier molecular flexibility index (Phi) is 7.04. The Morgan fingerprint density at radius 2 is 1.84 bits per heavy atom. The Balaban J connectivity index is 1.48. The van der Waals surface area contributed by atoms with Crippen molar-refractivity contribution in [1.29, 1.82) is 0 Å². The zero-order valence-electron chi connectivity index (χ0n) is 18.7. The molecule has 1 aliphatic heterocycles. The van der Waals surface area contributed by atoms with E-state index in [1.165, 1.54) is 25.7 Å². The van der Waals surface area contributed by atoms with E-state index >= 15 is 0 Å². The van der Waals surface area contributed by atoms with Gasteiger partial charge in [-0.25, -0.2) is 14.5 Å². The standard InChI is InChI=1S/C23H33N5O3/c1-3-18-21(31-17-10-6-4-7-11-17)13-12-19(24-18)22-20(27(2)26-25-22)16-30-23(29)28-14-8-5-9-15-28/h12-13,17H,3-11,14-16H2,1-2H3. The van der Waals surface area contributed by atoms with Crippen molar-refractivity contribution in [3.63, 3.8) is 0 Å². The SMILES string of the molecule is CCc1nc(-c2nnn(C)c2COC(=O)N2CCCCC2)ccc1OC1CCCCC1. The molecule has 8 nitrogen and oxygen atoms in total. The molecule has 1 amide bonds. The second-order valence-corrected chi connectivity index (χ2v) is 8.48. The van der Waals surface area contributed by atoms with Crippen LogP contribution in [0, 0.1) is 0 Å². The molecule has 1 saturated heterocycles. The molecule has 1 saturated carbocycles. The third-order valence-corrected chi connectivity index (χ3v) is 6.25. The van der Waals surface area contributed by atoms with Crippen LogP contribution in [0.4, 0.5) is 4.79 Å². The molecule has 31 heavy (non-hydrogen) atoms. The molecule has 0 radical (unpaired) electrons. The molecule has 2 fully saturated rings. The molecule has 3 heterocycles. The molecule has 2 aromatic rings. The number of likely N-dealkylation sites (tertiary alicyclic amines) is 1. The summed E-state index contributed by atoms with van der Waals surface area (Å²) < 4.78 is 13.5. The number of aromatic nitrogens is 4. The van der Waals surface area contributed by atoms with Gasteiger partial charge in [0, 0.05) is 20.1 Å². The highest BCUT2D eigenvalue weighted by Gasteiger charge is 2.22. The van der Waals surface area contributed by atoms with Gasteiger partial charge in [-0.2, -0.15) is 0 Å². The Morgan fingerprint density at radius 3 is 2.58 bits per heavy atom. The van der Waals surface area contributed by atoms with Crippen molar-refractivity contribution in [2.24, 2.45) is 7.05 Å². The van der Waals surface area contributed by atoms with Gasteiger partial charge in [-0.05, 0) is 63.5 Å². The van der Waals surface area contributed by atoms with Gasteiger partial charge < -0.3 is 14.4 Å². The summed E-state index contributed by atoms with van der Waals surface area (Å²) in [4.78, 5) is 19.0. The zero-order valence-corrected chi connectivity index (χ0v) is 18.7. The number of carbonyl (C=O) groups is 1. The number of hydrogen-bond acceptors (Lipinski definition) is 6. The number of pyridine rings is 1. The summed E-state index contributed by atoms with van der Waals surface area (Å²) in [6.45, 7) is 3.73. The Morgan fingerprint density at radius 1 is 1.10 bits per heavy atom. The summed E-state index contributed by atoms with van der Waals surface area (Å²) in [5.74, 6) is 0.861. The molecule has 0 atom stereocenters. The van der Waals surface area contributed by atoms with Gasteiger partial charge >= 0.3 is 6.09 Å². The Labute approximate surface area is 183 Å². The monoisotopic (exact) mass is 427 g/mol. The largest absolute Gasteiger partial charge is 0.489 e. The van der Waals surface area contributed by atoms with Crippen molar-refractivity contribution in [2.75, 3.05) is 13.1 Å². The number of ether oxygens (including phenoxy) is 2. The average molecular weight is 428 g/mol. The van der Waals surface area contributed by atoms with E-state index in [0.29, 0.717) is 5.69 Å². The normalized spacial score (nSPS) is 17.5. The highest BCUT2D eigenvalue weighted by atomic mass is 16.6. The van der Waals surface area contributed by atoms with Gasteiger partial charge in [0.1, 0.15) is 23.7 Å². The minimum atomic E-state index is -0.273. The summed E-state index contributed by atoms with van der Waals surface area (Å²) in [6, 6.07) is 3.92. The van der Waals surface area contributed by atoms with Gasteiger partial charge in [0.15, 0.2) is 0 Å². The molecule has 0 aromatic carbocycles. The summed E-state index contributed by atoms with van der Waals surface area (Å²) in [5, 5.41) is 8.45. The summed E-state index contributed by atoms with van der Waals surface area (Å²) in [5.41, 5.74) is 3.03. The summed E-state index contributed by atoms with van der Waals surface area (Å²) in [7, 11) is 1.81. The van der Waals surface area contributed by atoms with Gasteiger partial charge in [-0.3, -0.25) is 0 Å². The number of nitrogens with zero attached hydrogens (tertiary/aromatic N) is 5. The van der Waals surface area contributed by atoms with Crippen LogP contribution in [-0.2, 0) is 24.8 Å². The lowest BCUT2D eigenvalue weighted by Crippen LogP contribution is -2.36. The molecule has 0 bridgehead atoms. The van der Waals surface area contributed by atoms with Gasteiger partial charge in [-0.15, -0.1) is 5.10 Å². The maximum Gasteiger partial charge on any atom is 0.410 e. The average Bonchev–Trinajstić information content (AvgIpc) is 3.19. The smallest absolute Gasteiger partial charge is 0.410 e. The first kappa shape index (κ1) is 21.6. The Bertz CT molecular complexity index is 885. The van der Waals surface area contributed by atoms with E-state index in [2.05, 4.69) is 17.2 Å². The van der Waals surface area contributed by atoms with Gasteiger partial charge in [0.05, 0.1) is 17.5 Å². The third-order valence-electron chi connectivity index (χ3n) is 6.25. The third kappa shape index (κ3) is 5.17. The minimum absolute atomic E-state index is 0.123. The van der Waals surface area contributed by atoms with Crippen molar-refractivity contribution >= 4 is 6.09 Å². The molecule has 8 heteroatoms. The minimum Gasteiger partial charge on any atom is -0.489 e. The van der Waals surface area contributed by atoms with E-state index in [0.717, 1.165) is 68.0 Å². The molecule has 168 valence electrons. The first-order valence-electron chi connectivity index (χ1n) is 11.6. The van der Waals surface area contributed by atoms with Crippen molar-refractivity contribution in [3.05, 3.63) is 23.5 Å². The van der Waals surface area contributed by atoms with Crippen LogP contribution in [0.25, 0.3) is 11.4 Å². The van der Waals surface area contributed by atoms with E-state index < -0.39 is 0 Å². The molecule has 4 rings (SSSR count). The maximum absolute atomic E-state index is 12.4. The van der Waals surface area contributed by atoms with Gasteiger partial charge in [0.25, 0.3) is 0 Å². The Hall–Kier alpha value is -2.64. The molecule has 0 spiro atoms. The van der Waals surface area contributed by atoms with Crippen molar-refractivity contribution in [2.45, 2.75) is 77.4 Å². The fraction of sp³-hybridized carbons (Fsp3) is 0.652. The first-order valence-corrected chi connectivity index (χ1v) is 11.6. The van der Waals surface area contributed by atoms with Crippen molar-refractivity contribution in [3.8, 4) is 17.1 Å². The summed E-state index contributed by atoms with van der Waals surface area (Å²) >= 11 is 0. The lowest BCUT2D eigenvalue weighted by atomic mass is 9.98. The molecular weight excluding hydrogens is 394 g/mol. The highest BCUT2D eigenvalue weighted by molar-refractivity contribution is 5.68. The fourth-order valence-corrected chi connectivity index (χ4v) is 4.38. The lowest BCUT2D eigenvalue weighted by Gasteiger charge is -2.25. The number of carbonyl (C=O) groups excluding carboxylic acids is 1.